The predicted octanol–water partition coefficient (Wildman–Crippen LogP) is 7.04. The summed E-state index contributed by atoms with van der Waals surface area (Å²) in [6.07, 6.45) is 3.09. The van der Waals surface area contributed by atoms with Gasteiger partial charge in [0.15, 0.2) is 0 Å². The lowest BCUT2D eigenvalue weighted by Gasteiger charge is -2.45. The van der Waals surface area contributed by atoms with E-state index in [1.165, 1.54) is 33.3 Å². The summed E-state index contributed by atoms with van der Waals surface area (Å²) in [4.78, 5) is 6.34. The molecule has 1 heterocycles. The van der Waals surface area contributed by atoms with Crippen LogP contribution in [-0.2, 0) is 18.3 Å². The van der Waals surface area contributed by atoms with E-state index in [2.05, 4.69) is 52.8 Å². The lowest BCUT2D eigenvalue weighted by molar-refractivity contribution is 0.158. The highest BCUT2D eigenvalue weighted by Gasteiger charge is 2.51. The molecule has 0 radical (unpaired) electrons. The summed E-state index contributed by atoms with van der Waals surface area (Å²) in [5.74, 6) is -0.204. The van der Waals surface area contributed by atoms with Gasteiger partial charge in [-0.3, -0.25) is 0 Å². The largest absolute Gasteiger partial charge is 0.241 e. The second-order valence-corrected chi connectivity index (χ2v) is 9.90. The number of hydrogen-bond acceptors (Lipinski definition) is 2. The molecule has 28 heavy (non-hydrogen) atoms. The van der Waals surface area contributed by atoms with Gasteiger partial charge in [-0.2, -0.15) is 0 Å². The van der Waals surface area contributed by atoms with Crippen molar-refractivity contribution in [2.24, 2.45) is 5.41 Å². The third-order valence-corrected chi connectivity index (χ3v) is 8.23. The molecule has 1 nitrogen and oxygen atoms in total. The van der Waals surface area contributed by atoms with Crippen molar-refractivity contribution in [2.75, 3.05) is 0 Å². The number of halogens is 1. The Bertz CT molecular complexity index is 1010. The molecule has 3 aromatic rings. The molecule has 0 saturated heterocycles. The molecule has 0 fully saturated rings. The molecule has 1 atom stereocenters. The minimum atomic E-state index is -0.204. The molecule has 1 aliphatic rings. The number of thiazole rings is 1. The first-order valence-corrected chi connectivity index (χ1v) is 10.9. The van der Waals surface area contributed by atoms with Crippen molar-refractivity contribution in [1.82, 2.24) is 4.98 Å². The third kappa shape index (κ3) is 2.91. The number of fused-ring (bicyclic) bond motifs is 1. The highest BCUT2D eigenvalue weighted by atomic mass is 32.1. The van der Waals surface area contributed by atoms with Crippen LogP contribution in [0, 0.1) is 25.1 Å². The van der Waals surface area contributed by atoms with Crippen LogP contribution < -0.4 is 0 Å². The van der Waals surface area contributed by atoms with Gasteiger partial charge in [0, 0.05) is 22.3 Å². The van der Waals surface area contributed by atoms with Gasteiger partial charge in [-0.1, -0.05) is 57.5 Å². The van der Waals surface area contributed by atoms with Gasteiger partial charge in [-0.05, 0) is 54.5 Å². The van der Waals surface area contributed by atoms with E-state index in [9.17, 15) is 4.39 Å². The molecule has 4 rings (SSSR count). The summed E-state index contributed by atoms with van der Waals surface area (Å²) in [7, 11) is 0. The normalized spacial score (nSPS) is 19.1. The molecular formula is C25H28FNS. The first kappa shape index (κ1) is 19.3. The maximum Gasteiger partial charge on any atom is 0.123 e. The van der Waals surface area contributed by atoms with Crippen LogP contribution in [0.4, 0.5) is 4.39 Å². The van der Waals surface area contributed by atoms with Crippen molar-refractivity contribution < 1.29 is 4.39 Å². The molecular weight excluding hydrogens is 365 g/mol. The van der Waals surface area contributed by atoms with Crippen molar-refractivity contribution in [1.29, 1.82) is 0 Å². The fourth-order valence-corrected chi connectivity index (χ4v) is 5.86. The van der Waals surface area contributed by atoms with Crippen LogP contribution in [0.5, 0.6) is 0 Å². The average molecular weight is 394 g/mol. The molecule has 1 aromatic heterocycles. The maximum atomic E-state index is 13.7. The summed E-state index contributed by atoms with van der Waals surface area (Å²) in [6, 6.07) is 13.5. The molecule has 146 valence electrons. The average Bonchev–Trinajstić information content (AvgIpc) is 3.21. The van der Waals surface area contributed by atoms with Gasteiger partial charge in [0.1, 0.15) is 10.8 Å². The SMILES string of the molecule is CCC(C)(C)C1(c2cccc(C)c2C)Cc2nc(-c3cccc(F)c3)sc2C1. The molecule has 0 aliphatic heterocycles. The Morgan fingerprint density at radius 3 is 2.54 bits per heavy atom. The summed E-state index contributed by atoms with van der Waals surface area (Å²) in [6.45, 7) is 11.6. The Kier molecular flexibility index (Phi) is 4.70. The van der Waals surface area contributed by atoms with E-state index < -0.39 is 0 Å². The fraction of sp³-hybridized carbons (Fsp3) is 0.400. The lowest BCUT2D eigenvalue weighted by atomic mass is 9.58. The standard InChI is InChI=1S/C25H28FNS/c1-6-24(4,5)25(20-12-7-9-16(2)17(20)3)14-21-22(15-25)28-23(27-21)18-10-8-11-19(26)13-18/h7-13H,6,14-15H2,1-5H3. The zero-order valence-electron chi connectivity index (χ0n) is 17.4. The van der Waals surface area contributed by atoms with Crippen molar-refractivity contribution in [3.05, 3.63) is 75.5 Å². The van der Waals surface area contributed by atoms with Gasteiger partial charge in [-0.15, -0.1) is 11.3 Å². The Labute approximate surface area is 171 Å². The van der Waals surface area contributed by atoms with Crippen LogP contribution in [0.15, 0.2) is 42.5 Å². The third-order valence-electron chi connectivity index (χ3n) is 7.08. The van der Waals surface area contributed by atoms with E-state index in [-0.39, 0.29) is 16.6 Å². The van der Waals surface area contributed by atoms with Crippen LogP contribution in [0.2, 0.25) is 0 Å². The number of aromatic nitrogens is 1. The lowest BCUT2D eigenvalue weighted by Crippen LogP contribution is -2.43. The van der Waals surface area contributed by atoms with Crippen molar-refractivity contribution in [2.45, 2.75) is 59.3 Å². The minimum Gasteiger partial charge on any atom is -0.241 e. The Morgan fingerprint density at radius 1 is 1.11 bits per heavy atom. The highest BCUT2D eigenvalue weighted by Crippen LogP contribution is 2.55. The van der Waals surface area contributed by atoms with Gasteiger partial charge in [-0.25, -0.2) is 9.37 Å². The number of nitrogens with zero attached hydrogens (tertiary/aromatic N) is 1. The van der Waals surface area contributed by atoms with E-state index in [0.29, 0.717) is 0 Å². The number of benzene rings is 2. The second-order valence-electron chi connectivity index (χ2n) is 8.82. The van der Waals surface area contributed by atoms with Gasteiger partial charge < -0.3 is 0 Å². The number of rotatable bonds is 4. The van der Waals surface area contributed by atoms with Crippen LogP contribution in [0.1, 0.15) is 54.5 Å². The highest BCUT2D eigenvalue weighted by molar-refractivity contribution is 7.15. The summed E-state index contributed by atoms with van der Waals surface area (Å²) in [5.41, 5.74) is 6.53. The maximum absolute atomic E-state index is 13.7. The first-order valence-electron chi connectivity index (χ1n) is 10.1. The van der Waals surface area contributed by atoms with Crippen LogP contribution in [-0.4, -0.2) is 4.98 Å². The topological polar surface area (TPSA) is 12.9 Å². The van der Waals surface area contributed by atoms with Crippen LogP contribution in [0.3, 0.4) is 0 Å². The van der Waals surface area contributed by atoms with Gasteiger partial charge in [0.2, 0.25) is 0 Å². The van der Waals surface area contributed by atoms with E-state index >= 15 is 0 Å². The van der Waals surface area contributed by atoms with E-state index in [1.807, 2.05) is 6.07 Å². The van der Waals surface area contributed by atoms with E-state index in [0.717, 1.165) is 29.8 Å². The van der Waals surface area contributed by atoms with Crippen molar-refractivity contribution in [3.63, 3.8) is 0 Å². The van der Waals surface area contributed by atoms with E-state index in [1.54, 1.807) is 23.5 Å². The molecule has 0 bridgehead atoms. The van der Waals surface area contributed by atoms with Gasteiger partial charge >= 0.3 is 0 Å². The monoisotopic (exact) mass is 393 g/mol. The summed E-state index contributed by atoms with van der Waals surface area (Å²) < 4.78 is 13.7. The Balaban J connectivity index is 1.80. The molecule has 3 heteroatoms. The Hall–Kier alpha value is -2.00. The number of aryl methyl sites for hydroxylation is 1. The van der Waals surface area contributed by atoms with Gasteiger partial charge in [0.05, 0.1) is 5.69 Å². The zero-order chi connectivity index (χ0) is 20.1. The van der Waals surface area contributed by atoms with Crippen LogP contribution >= 0.6 is 11.3 Å². The van der Waals surface area contributed by atoms with Crippen molar-refractivity contribution >= 4 is 11.3 Å². The van der Waals surface area contributed by atoms with Crippen molar-refractivity contribution in [3.8, 4) is 10.6 Å². The zero-order valence-corrected chi connectivity index (χ0v) is 18.2. The quantitative estimate of drug-likeness (QED) is 0.463. The first-order chi connectivity index (χ1) is 13.3. The fourth-order valence-electron chi connectivity index (χ4n) is 4.67. The summed E-state index contributed by atoms with van der Waals surface area (Å²) >= 11 is 1.74. The Morgan fingerprint density at radius 2 is 1.86 bits per heavy atom. The van der Waals surface area contributed by atoms with Gasteiger partial charge in [0.25, 0.3) is 0 Å². The summed E-state index contributed by atoms with van der Waals surface area (Å²) in [5, 5.41) is 0.938. The molecule has 0 spiro atoms. The molecule has 2 aromatic carbocycles. The van der Waals surface area contributed by atoms with Crippen LogP contribution in [0.25, 0.3) is 10.6 Å². The number of hydrogen-bond donors (Lipinski definition) is 0. The molecule has 1 unspecified atom stereocenters. The second kappa shape index (κ2) is 6.81. The molecule has 0 amide bonds. The molecule has 0 saturated carbocycles. The minimum absolute atomic E-state index is 0.0620. The molecule has 0 N–H and O–H groups in total. The smallest absolute Gasteiger partial charge is 0.123 e. The van der Waals surface area contributed by atoms with E-state index in [4.69, 9.17) is 4.98 Å². The molecule has 1 aliphatic carbocycles. The predicted molar refractivity (Wildman–Crippen MR) is 117 cm³/mol.